The normalized spacial score (nSPS) is 33.3. The lowest BCUT2D eigenvalue weighted by molar-refractivity contribution is 0.294. The molecule has 1 fully saturated rings. The number of nitrogens with one attached hydrogen (secondary N) is 2. The summed E-state index contributed by atoms with van der Waals surface area (Å²) in [4.78, 5) is 0. The highest BCUT2D eigenvalue weighted by molar-refractivity contribution is 4.87. The van der Waals surface area contributed by atoms with Gasteiger partial charge in [-0.1, -0.05) is 6.92 Å². The van der Waals surface area contributed by atoms with Crippen molar-refractivity contribution in [3.05, 3.63) is 0 Å². The molecule has 1 rings (SSSR count). The van der Waals surface area contributed by atoms with Gasteiger partial charge in [-0.15, -0.1) is 0 Å². The van der Waals surface area contributed by atoms with Gasteiger partial charge in [-0.3, -0.25) is 0 Å². The van der Waals surface area contributed by atoms with E-state index in [1.54, 1.807) is 0 Å². The average Bonchev–Trinajstić information content (AvgIpc) is 1.96. The molecule has 1 saturated heterocycles. The third-order valence-corrected chi connectivity index (χ3v) is 2.56. The Bertz CT molecular complexity index is 110. The first-order chi connectivity index (χ1) is 4.63. The molecular weight excluding hydrogens is 124 g/mol. The molecule has 1 aliphatic heterocycles. The minimum atomic E-state index is 0.309. The van der Waals surface area contributed by atoms with Gasteiger partial charge in [0.15, 0.2) is 0 Å². The van der Waals surface area contributed by atoms with Gasteiger partial charge in [0.05, 0.1) is 0 Å². The fraction of sp³-hybridized carbons (Fsp3) is 1.00. The van der Waals surface area contributed by atoms with Crippen molar-refractivity contribution in [2.24, 2.45) is 5.92 Å². The number of hydrogen-bond acceptors (Lipinski definition) is 2. The number of hydrogen-bond donors (Lipinski definition) is 2. The van der Waals surface area contributed by atoms with E-state index in [1.165, 1.54) is 0 Å². The molecule has 10 heavy (non-hydrogen) atoms. The molecule has 2 nitrogen and oxygen atoms in total. The lowest BCUT2D eigenvalue weighted by Gasteiger charge is -2.30. The minimum absolute atomic E-state index is 0.309. The molecule has 0 bridgehead atoms. The van der Waals surface area contributed by atoms with E-state index in [9.17, 15) is 0 Å². The van der Waals surface area contributed by atoms with E-state index in [1.807, 2.05) is 0 Å². The van der Waals surface area contributed by atoms with E-state index in [4.69, 9.17) is 0 Å². The van der Waals surface area contributed by atoms with Crippen molar-refractivity contribution in [3.63, 3.8) is 0 Å². The molecule has 1 heterocycles. The molecule has 0 amide bonds. The molecule has 0 aromatic carbocycles. The molecular formula is C8H18N2. The maximum atomic E-state index is 3.51. The SMILES string of the molecule is C[C@@H]1CNCCNC1(C)C. The van der Waals surface area contributed by atoms with Crippen molar-refractivity contribution in [2.45, 2.75) is 26.3 Å². The quantitative estimate of drug-likeness (QED) is 0.517. The fourth-order valence-electron chi connectivity index (χ4n) is 1.22. The van der Waals surface area contributed by atoms with Crippen LogP contribution in [0.15, 0.2) is 0 Å². The summed E-state index contributed by atoms with van der Waals surface area (Å²) in [6.07, 6.45) is 0. The predicted octanol–water partition coefficient (Wildman–Crippen LogP) is 0.594. The van der Waals surface area contributed by atoms with Crippen LogP contribution in [0, 0.1) is 5.92 Å². The Morgan fingerprint density at radius 3 is 2.70 bits per heavy atom. The molecule has 60 valence electrons. The summed E-state index contributed by atoms with van der Waals surface area (Å²) in [5.74, 6) is 0.718. The van der Waals surface area contributed by atoms with Crippen LogP contribution in [0.5, 0.6) is 0 Å². The van der Waals surface area contributed by atoms with E-state index in [2.05, 4.69) is 31.4 Å². The molecule has 1 atom stereocenters. The summed E-state index contributed by atoms with van der Waals surface area (Å²) in [5, 5.41) is 6.90. The van der Waals surface area contributed by atoms with Gasteiger partial charge in [0.1, 0.15) is 0 Å². The van der Waals surface area contributed by atoms with Crippen LogP contribution in [0.3, 0.4) is 0 Å². The van der Waals surface area contributed by atoms with Gasteiger partial charge in [0.25, 0.3) is 0 Å². The highest BCUT2D eigenvalue weighted by atomic mass is 15.0. The molecule has 0 aromatic rings. The number of rotatable bonds is 0. The van der Waals surface area contributed by atoms with Gasteiger partial charge in [0.2, 0.25) is 0 Å². The standard InChI is InChI=1S/C8H18N2/c1-7-6-9-4-5-10-8(7,2)3/h7,9-10H,4-6H2,1-3H3/t7-/m1/s1. The Morgan fingerprint density at radius 2 is 2.00 bits per heavy atom. The third-order valence-electron chi connectivity index (χ3n) is 2.56. The largest absolute Gasteiger partial charge is 0.315 e. The average molecular weight is 142 g/mol. The third kappa shape index (κ3) is 1.70. The van der Waals surface area contributed by atoms with Gasteiger partial charge < -0.3 is 10.6 Å². The zero-order valence-corrected chi connectivity index (χ0v) is 7.20. The van der Waals surface area contributed by atoms with Crippen molar-refractivity contribution >= 4 is 0 Å². The maximum absolute atomic E-state index is 3.51. The molecule has 1 aliphatic rings. The zero-order valence-electron chi connectivity index (χ0n) is 7.20. The fourth-order valence-corrected chi connectivity index (χ4v) is 1.22. The lowest BCUT2D eigenvalue weighted by atomic mass is 9.89. The monoisotopic (exact) mass is 142 g/mol. The van der Waals surface area contributed by atoms with Gasteiger partial charge >= 0.3 is 0 Å². The Labute approximate surface area is 63.4 Å². The molecule has 2 heteroatoms. The van der Waals surface area contributed by atoms with E-state index < -0.39 is 0 Å². The van der Waals surface area contributed by atoms with Gasteiger partial charge in [-0.2, -0.15) is 0 Å². The van der Waals surface area contributed by atoms with Crippen molar-refractivity contribution in [1.29, 1.82) is 0 Å². The van der Waals surface area contributed by atoms with Crippen LogP contribution in [0.2, 0.25) is 0 Å². The van der Waals surface area contributed by atoms with Crippen LogP contribution in [0.1, 0.15) is 20.8 Å². The highest BCUT2D eigenvalue weighted by Gasteiger charge is 2.26. The second-order valence-corrected chi connectivity index (χ2v) is 3.75. The summed E-state index contributed by atoms with van der Waals surface area (Å²) in [7, 11) is 0. The van der Waals surface area contributed by atoms with Gasteiger partial charge in [-0.25, -0.2) is 0 Å². The van der Waals surface area contributed by atoms with Crippen molar-refractivity contribution in [3.8, 4) is 0 Å². The first kappa shape index (κ1) is 8.02. The first-order valence-electron chi connectivity index (χ1n) is 4.08. The first-order valence-corrected chi connectivity index (χ1v) is 4.08. The van der Waals surface area contributed by atoms with Crippen LogP contribution in [-0.2, 0) is 0 Å². The summed E-state index contributed by atoms with van der Waals surface area (Å²) in [5.41, 5.74) is 0.309. The second kappa shape index (κ2) is 2.89. The minimum Gasteiger partial charge on any atom is -0.315 e. The summed E-state index contributed by atoms with van der Waals surface area (Å²) >= 11 is 0. The van der Waals surface area contributed by atoms with Gasteiger partial charge in [-0.05, 0) is 26.3 Å². The highest BCUT2D eigenvalue weighted by Crippen LogP contribution is 2.15. The Hall–Kier alpha value is -0.0800. The Balaban J connectivity index is 2.52. The van der Waals surface area contributed by atoms with Gasteiger partial charge in [0, 0.05) is 18.6 Å². The van der Waals surface area contributed by atoms with Crippen LogP contribution in [0.25, 0.3) is 0 Å². The summed E-state index contributed by atoms with van der Waals surface area (Å²) in [6.45, 7) is 10.2. The zero-order chi connectivity index (χ0) is 7.61. The van der Waals surface area contributed by atoms with E-state index in [-0.39, 0.29) is 0 Å². The Morgan fingerprint density at radius 1 is 1.30 bits per heavy atom. The van der Waals surface area contributed by atoms with E-state index >= 15 is 0 Å². The summed E-state index contributed by atoms with van der Waals surface area (Å²) < 4.78 is 0. The smallest absolute Gasteiger partial charge is 0.0163 e. The van der Waals surface area contributed by atoms with Crippen molar-refractivity contribution < 1.29 is 0 Å². The molecule has 0 spiro atoms. The Kier molecular flexibility index (Phi) is 2.32. The molecule has 0 aliphatic carbocycles. The van der Waals surface area contributed by atoms with Crippen LogP contribution >= 0.6 is 0 Å². The molecule has 2 N–H and O–H groups in total. The molecule has 0 saturated carbocycles. The maximum Gasteiger partial charge on any atom is 0.0163 e. The molecule has 0 radical (unpaired) electrons. The van der Waals surface area contributed by atoms with E-state index in [0.29, 0.717) is 5.54 Å². The molecule has 0 aromatic heterocycles. The lowest BCUT2D eigenvalue weighted by Crippen LogP contribution is -2.45. The predicted molar refractivity (Wildman–Crippen MR) is 44.1 cm³/mol. The topological polar surface area (TPSA) is 24.1 Å². The van der Waals surface area contributed by atoms with Crippen LogP contribution in [-0.4, -0.2) is 25.2 Å². The second-order valence-electron chi connectivity index (χ2n) is 3.75. The van der Waals surface area contributed by atoms with Crippen molar-refractivity contribution in [2.75, 3.05) is 19.6 Å². The van der Waals surface area contributed by atoms with Crippen LogP contribution < -0.4 is 10.6 Å². The molecule has 0 unspecified atom stereocenters. The van der Waals surface area contributed by atoms with E-state index in [0.717, 1.165) is 25.6 Å². The summed E-state index contributed by atoms with van der Waals surface area (Å²) in [6, 6.07) is 0. The van der Waals surface area contributed by atoms with Crippen molar-refractivity contribution in [1.82, 2.24) is 10.6 Å². The van der Waals surface area contributed by atoms with Crippen LogP contribution in [0.4, 0.5) is 0 Å².